The van der Waals surface area contributed by atoms with Crippen molar-refractivity contribution in [3.8, 4) is 17.4 Å². The molecule has 0 N–H and O–H groups in total. The van der Waals surface area contributed by atoms with Gasteiger partial charge in [-0.15, -0.1) is 0 Å². The predicted molar refractivity (Wildman–Crippen MR) is 103 cm³/mol. The van der Waals surface area contributed by atoms with Crippen molar-refractivity contribution < 1.29 is 9.47 Å². The van der Waals surface area contributed by atoms with Crippen molar-refractivity contribution in [1.29, 1.82) is 0 Å². The quantitative estimate of drug-likeness (QED) is 0.601. The van der Waals surface area contributed by atoms with Crippen LogP contribution in [-0.4, -0.2) is 20.7 Å². The molecular weight excluding hydrogens is 326 g/mol. The molecule has 26 heavy (non-hydrogen) atoms. The van der Waals surface area contributed by atoms with Crippen LogP contribution in [-0.2, 0) is 0 Å². The summed E-state index contributed by atoms with van der Waals surface area (Å²) in [7, 11) is 0. The summed E-state index contributed by atoms with van der Waals surface area (Å²) in [5.41, 5.74) is 4.97. The van der Waals surface area contributed by atoms with Crippen molar-refractivity contribution in [2.75, 3.05) is 0 Å². The Morgan fingerprint density at radius 1 is 1.00 bits per heavy atom. The molecule has 1 aromatic carbocycles. The molecule has 0 fully saturated rings. The molecular formula is C21H27N3O2. The molecule has 0 aliphatic heterocycles. The van der Waals surface area contributed by atoms with Gasteiger partial charge in [-0.1, -0.05) is 31.5 Å². The number of hydrogen-bond acceptors (Lipinski definition) is 4. The Hall–Kier alpha value is -2.56. The topological polar surface area (TPSA) is 48.7 Å². The summed E-state index contributed by atoms with van der Waals surface area (Å²) in [4.78, 5) is 4.62. The highest BCUT2D eigenvalue weighted by Crippen LogP contribution is 2.33. The number of benzene rings is 1. The smallest absolute Gasteiger partial charge is 0.218 e. The standard InChI is InChI=1S/C21H27N3O2/c1-7-17(8-2)25-19-11-16(6)23-21-18(12-22-24(19)21)26-20-14(4)9-13(3)10-15(20)5/h9-12,17H,7-8H2,1-6H3. The average Bonchev–Trinajstić information content (AvgIpc) is 2.98. The van der Waals surface area contributed by atoms with Gasteiger partial charge in [-0.25, -0.2) is 4.98 Å². The molecule has 0 saturated carbocycles. The van der Waals surface area contributed by atoms with Crippen molar-refractivity contribution in [1.82, 2.24) is 14.6 Å². The van der Waals surface area contributed by atoms with Gasteiger partial charge in [-0.2, -0.15) is 9.61 Å². The minimum absolute atomic E-state index is 0.162. The van der Waals surface area contributed by atoms with E-state index in [1.165, 1.54) is 5.56 Å². The maximum absolute atomic E-state index is 6.21. The first-order chi connectivity index (χ1) is 12.4. The first-order valence-electron chi connectivity index (χ1n) is 9.20. The van der Waals surface area contributed by atoms with Gasteiger partial charge in [0.05, 0.1) is 12.3 Å². The van der Waals surface area contributed by atoms with Gasteiger partial charge in [0, 0.05) is 11.8 Å². The Bertz CT molecular complexity index is 903. The fourth-order valence-electron chi connectivity index (χ4n) is 3.25. The molecule has 2 aromatic heterocycles. The Labute approximate surface area is 155 Å². The van der Waals surface area contributed by atoms with Gasteiger partial charge >= 0.3 is 0 Å². The van der Waals surface area contributed by atoms with Crippen LogP contribution in [0.25, 0.3) is 5.65 Å². The number of ether oxygens (including phenoxy) is 2. The summed E-state index contributed by atoms with van der Waals surface area (Å²) in [5.74, 6) is 2.20. The first-order valence-corrected chi connectivity index (χ1v) is 9.20. The van der Waals surface area contributed by atoms with Crippen LogP contribution < -0.4 is 9.47 Å². The van der Waals surface area contributed by atoms with Gasteiger partial charge in [-0.05, 0) is 51.7 Å². The highest BCUT2D eigenvalue weighted by Gasteiger charge is 2.17. The van der Waals surface area contributed by atoms with Crippen molar-refractivity contribution in [2.24, 2.45) is 0 Å². The second kappa shape index (κ2) is 7.36. The van der Waals surface area contributed by atoms with Gasteiger partial charge in [0.25, 0.3) is 0 Å². The molecule has 0 amide bonds. The van der Waals surface area contributed by atoms with E-state index >= 15 is 0 Å². The van der Waals surface area contributed by atoms with Crippen molar-refractivity contribution in [3.05, 3.63) is 46.8 Å². The summed E-state index contributed by atoms with van der Waals surface area (Å²) in [5, 5.41) is 4.46. The van der Waals surface area contributed by atoms with Gasteiger partial charge in [0.1, 0.15) is 5.75 Å². The van der Waals surface area contributed by atoms with Crippen molar-refractivity contribution in [3.63, 3.8) is 0 Å². The lowest BCUT2D eigenvalue weighted by atomic mass is 10.1. The monoisotopic (exact) mass is 353 g/mol. The molecule has 3 aromatic rings. The first kappa shape index (κ1) is 18.2. The summed E-state index contributed by atoms with van der Waals surface area (Å²) in [6.45, 7) is 12.4. The lowest BCUT2D eigenvalue weighted by Crippen LogP contribution is -2.16. The van der Waals surface area contributed by atoms with Crippen LogP contribution in [0, 0.1) is 27.7 Å². The summed E-state index contributed by atoms with van der Waals surface area (Å²) < 4.78 is 14.1. The second-order valence-electron chi connectivity index (χ2n) is 6.87. The molecule has 5 heteroatoms. The number of aryl methyl sites for hydroxylation is 4. The molecule has 0 bridgehead atoms. The van der Waals surface area contributed by atoms with E-state index in [-0.39, 0.29) is 6.10 Å². The summed E-state index contributed by atoms with van der Waals surface area (Å²) in [6.07, 6.45) is 3.77. The fraction of sp³-hybridized carbons (Fsp3) is 0.429. The lowest BCUT2D eigenvalue weighted by molar-refractivity contribution is 0.180. The van der Waals surface area contributed by atoms with Gasteiger partial charge in [0.15, 0.2) is 5.75 Å². The third-order valence-corrected chi connectivity index (χ3v) is 4.55. The van der Waals surface area contributed by atoms with E-state index in [4.69, 9.17) is 9.47 Å². The van der Waals surface area contributed by atoms with Gasteiger partial charge in [-0.3, -0.25) is 0 Å². The van der Waals surface area contributed by atoms with E-state index in [2.05, 4.69) is 56.8 Å². The van der Waals surface area contributed by atoms with Crippen LogP contribution in [0.3, 0.4) is 0 Å². The van der Waals surface area contributed by atoms with Crippen LogP contribution in [0.15, 0.2) is 24.4 Å². The van der Waals surface area contributed by atoms with Gasteiger partial charge < -0.3 is 9.47 Å². The number of fused-ring (bicyclic) bond motifs is 1. The van der Waals surface area contributed by atoms with Crippen LogP contribution in [0.5, 0.6) is 17.4 Å². The molecule has 3 rings (SSSR count). The minimum Gasteiger partial charge on any atom is -0.474 e. The third kappa shape index (κ3) is 3.52. The molecule has 0 aliphatic carbocycles. The van der Waals surface area contributed by atoms with Crippen LogP contribution in [0.2, 0.25) is 0 Å². The van der Waals surface area contributed by atoms with Gasteiger partial charge in [0.2, 0.25) is 11.5 Å². The van der Waals surface area contributed by atoms with E-state index < -0.39 is 0 Å². The Kier molecular flexibility index (Phi) is 5.16. The average molecular weight is 353 g/mol. The zero-order valence-electron chi connectivity index (χ0n) is 16.5. The number of nitrogens with zero attached hydrogens (tertiary/aromatic N) is 3. The van der Waals surface area contributed by atoms with E-state index in [9.17, 15) is 0 Å². The maximum Gasteiger partial charge on any atom is 0.218 e. The maximum atomic E-state index is 6.21. The minimum atomic E-state index is 0.162. The molecule has 2 heterocycles. The molecule has 5 nitrogen and oxygen atoms in total. The lowest BCUT2D eigenvalue weighted by Gasteiger charge is -2.16. The highest BCUT2D eigenvalue weighted by atomic mass is 16.5. The SMILES string of the molecule is CCC(CC)Oc1cc(C)nc2c(Oc3c(C)cc(C)cc3C)cnn12. The van der Waals surface area contributed by atoms with Crippen molar-refractivity contribution in [2.45, 2.75) is 60.5 Å². The Morgan fingerprint density at radius 3 is 2.27 bits per heavy atom. The number of hydrogen-bond donors (Lipinski definition) is 0. The van der Waals surface area contributed by atoms with E-state index in [1.54, 1.807) is 10.7 Å². The number of rotatable bonds is 6. The Morgan fingerprint density at radius 2 is 1.65 bits per heavy atom. The van der Waals surface area contributed by atoms with Crippen LogP contribution in [0.4, 0.5) is 0 Å². The molecule has 0 atom stereocenters. The molecule has 0 saturated heterocycles. The predicted octanol–water partition coefficient (Wildman–Crippen LogP) is 5.32. The van der Waals surface area contributed by atoms with Crippen molar-refractivity contribution >= 4 is 5.65 Å². The molecule has 0 spiro atoms. The molecule has 0 radical (unpaired) electrons. The summed E-state index contributed by atoms with van der Waals surface area (Å²) >= 11 is 0. The van der Waals surface area contributed by atoms with E-state index in [0.29, 0.717) is 17.3 Å². The highest BCUT2D eigenvalue weighted by molar-refractivity contribution is 5.57. The largest absolute Gasteiger partial charge is 0.474 e. The second-order valence-corrected chi connectivity index (χ2v) is 6.87. The summed E-state index contributed by atoms with van der Waals surface area (Å²) in [6, 6.07) is 6.16. The van der Waals surface area contributed by atoms with E-state index in [0.717, 1.165) is 35.4 Å². The third-order valence-electron chi connectivity index (χ3n) is 4.55. The molecule has 138 valence electrons. The van der Waals surface area contributed by atoms with Crippen LogP contribution in [0.1, 0.15) is 49.1 Å². The fourth-order valence-corrected chi connectivity index (χ4v) is 3.25. The van der Waals surface area contributed by atoms with E-state index in [1.807, 2.05) is 13.0 Å². The molecule has 0 aliphatic rings. The van der Waals surface area contributed by atoms with Crippen LogP contribution >= 0.6 is 0 Å². The normalized spacial score (nSPS) is 11.3. The number of aromatic nitrogens is 3. The zero-order valence-corrected chi connectivity index (χ0v) is 16.5. The Balaban J connectivity index is 2.03. The zero-order chi connectivity index (χ0) is 18.8. The molecule has 0 unspecified atom stereocenters.